The number of aromatic nitrogens is 2. The van der Waals surface area contributed by atoms with Gasteiger partial charge in [0.15, 0.2) is 16.9 Å². The van der Waals surface area contributed by atoms with Crippen LogP contribution in [0.5, 0.6) is 0 Å². The second kappa shape index (κ2) is 19.3. The number of thiazole rings is 2. The number of amides is 2. The second-order valence-corrected chi connectivity index (χ2v) is 18.0. The monoisotopic (exact) mass is 914 g/mol. The van der Waals surface area contributed by atoms with Crippen LogP contribution >= 0.6 is 34.4 Å². The van der Waals surface area contributed by atoms with E-state index in [1.807, 2.05) is 134 Å². The Hall–Kier alpha value is -7.13. The van der Waals surface area contributed by atoms with Gasteiger partial charge in [0, 0.05) is 16.0 Å². The quantitative estimate of drug-likeness (QED) is 0.0339. The van der Waals surface area contributed by atoms with Crippen LogP contribution in [0.4, 0.5) is 5.13 Å². The number of fused-ring (bicyclic) bond motifs is 1. The van der Waals surface area contributed by atoms with Crippen molar-refractivity contribution in [3.8, 4) is 0 Å². The molecule has 65 heavy (non-hydrogen) atoms. The first-order valence-electron chi connectivity index (χ1n) is 20.7. The van der Waals surface area contributed by atoms with Crippen LogP contribution in [-0.4, -0.2) is 62.6 Å². The number of benzene rings is 5. The molecule has 324 valence electrons. The molecule has 7 aromatic rings. The number of ether oxygens (including phenoxy) is 1. The maximum absolute atomic E-state index is 14.5. The number of aryl methyl sites for hydroxylation is 1. The van der Waals surface area contributed by atoms with E-state index in [0.717, 1.165) is 38.4 Å². The molecule has 4 heterocycles. The molecule has 11 nitrogen and oxygen atoms in total. The maximum Gasteiger partial charge on any atom is 0.356 e. The number of esters is 1. The Balaban J connectivity index is 0.993. The predicted octanol–water partition coefficient (Wildman–Crippen LogP) is 9.36. The molecule has 1 unspecified atom stereocenters. The highest BCUT2D eigenvalue weighted by molar-refractivity contribution is 8.00. The van der Waals surface area contributed by atoms with Crippen molar-refractivity contribution in [2.75, 3.05) is 18.2 Å². The summed E-state index contributed by atoms with van der Waals surface area (Å²) >= 11 is 4.23. The minimum atomic E-state index is -0.983. The average molecular weight is 915 g/mol. The smallest absolute Gasteiger partial charge is 0.356 e. The molecule has 9 rings (SSSR count). The van der Waals surface area contributed by atoms with Gasteiger partial charge in [0.2, 0.25) is 0 Å². The molecule has 2 aliphatic rings. The SMILES string of the molecule is CON=C(C(=O)NC1C(=O)N2C(C(=O)OC(c3ccccc3)c3ccccc3)=C(C=Cc3scnc3C)CS[C@@H]12)c1csc(NC(c2ccccc2)(c2ccccc2)c2ccccc2)n1. The third-order valence-electron chi connectivity index (χ3n) is 11.2. The van der Waals surface area contributed by atoms with E-state index in [0.29, 0.717) is 16.5 Å². The summed E-state index contributed by atoms with van der Waals surface area (Å²) in [5.41, 5.74) is 7.16. The van der Waals surface area contributed by atoms with Gasteiger partial charge in [-0.25, -0.2) is 14.8 Å². The number of anilines is 1. The van der Waals surface area contributed by atoms with Gasteiger partial charge in [0.05, 0.1) is 11.2 Å². The van der Waals surface area contributed by atoms with Gasteiger partial charge in [-0.2, -0.15) is 0 Å². The highest BCUT2D eigenvalue weighted by Crippen LogP contribution is 2.43. The molecule has 2 aromatic heterocycles. The summed E-state index contributed by atoms with van der Waals surface area (Å²) in [6.45, 7) is 1.92. The van der Waals surface area contributed by atoms with Crippen LogP contribution in [0.1, 0.15) is 50.2 Å². The first-order valence-corrected chi connectivity index (χ1v) is 23.6. The Labute approximate surface area is 388 Å². The van der Waals surface area contributed by atoms with E-state index in [9.17, 15) is 14.4 Å². The molecule has 1 saturated heterocycles. The third-order valence-corrected chi connectivity index (χ3v) is 14.1. The summed E-state index contributed by atoms with van der Waals surface area (Å²) in [5, 5.41) is 12.4. The topological polar surface area (TPSA) is 135 Å². The van der Waals surface area contributed by atoms with E-state index >= 15 is 0 Å². The summed E-state index contributed by atoms with van der Waals surface area (Å²) < 4.78 is 6.34. The Morgan fingerprint density at radius 2 is 1.35 bits per heavy atom. The molecule has 0 bridgehead atoms. The van der Waals surface area contributed by atoms with Crippen LogP contribution in [0, 0.1) is 6.92 Å². The fourth-order valence-electron chi connectivity index (χ4n) is 8.04. The number of oxime groups is 1. The van der Waals surface area contributed by atoms with E-state index in [1.54, 1.807) is 10.9 Å². The van der Waals surface area contributed by atoms with Crippen molar-refractivity contribution in [1.82, 2.24) is 20.2 Å². The van der Waals surface area contributed by atoms with Crippen LogP contribution in [0.3, 0.4) is 0 Å². The van der Waals surface area contributed by atoms with Crippen LogP contribution in [0.25, 0.3) is 6.08 Å². The molecule has 2 amide bonds. The Kier molecular flexibility index (Phi) is 12.8. The third kappa shape index (κ3) is 8.75. The zero-order chi connectivity index (χ0) is 44.8. The maximum atomic E-state index is 14.5. The van der Waals surface area contributed by atoms with Gasteiger partial charge in [0.25, 0.3) is 11.8 Å². The van der Waals surface area contributed by atoms with Gasteiger partial charge in [-0.15, -0.1) is 34.4 Å². The second-order valence-electron chi connectivity index (χ2n) is 15.1. The number of carbonyl (C=O) groups is 3. The summed E-state index contributed by atoms with van der Waals surface area (Å²) in [6, 6.07) is 48.4. The first kappa shape index (κ1) is 43.1. The Morgan fingerprint density at radius 3 is 1.88 bits per heavy atom. The van der Waals surface area contributed by atoms with Gasteiger partial charge < -0.3 is 20.2 Å². The minimum Gasteiger partial charge on any atom is -0.448 e. The molecule has 0 saturated carbocycles. The van der Waals surface area contributed by atoms with Crippen molar-refractivity contribution in [2.45, 2.75) is 30.0 Å². The average Bonchev–Trinajstić information content (AvgIpc) is 4.01. The van der Waals surface area contributed by atoms with Crippen LogP contribution in [0.2, 0.25) is 0 Å². The highest BCUT2D eigenvalue weighted by Gasteiger charge is 2.55. The number of nitrogens with zero attached hydrogens (tertiary/aromatic N) is 4. The van der Waals surface area contributed by atoms with Gasteiger partial charge in [-0.3, -0.25) is 14.5 Å². The van der Waals surface area contributed by atoms with Crippen molar-refractivity contribution >= 4 is 69.1 Å². The highest BCUT2D eigenvalue weighted by atomic mass is 32.2. The first-order chi connectivity index (χ1) is 31.9. The lowest BCUT2D eigenvalue weighted by molar-refractivity contribution is -0.154. The van der Waals surface area contributed by atoms with Gasteiger partial charge >= 0.3 is 5.97 Å². The number of hydrogen-bond acceptors (Lipinski definition) is 12. The number of β-lactam (4-membered cyclic amide) rings is 1. The molecular formula is C51H42N6O5S3. The lowest BCUT2D eigenvalue weighted by atomic mass is 9.77. The molecule has 5 aromatic carbocycles. The molecule has 1 fully saturated rings. The Morgan fingerprint density at radius 1 is 0.800 bits per heavy atom. The number of allylic oxidation sites excluding steroid dienone is 1. The van der Waals surface area contributed by atoms with E-state index in [4.69, 9.17) is 14.6 Å². The molecule has 2 N–H and O–H groups in total. The number of hydrogen-bond donors (Lipinski definition) is 2. The van der Waals surface area contributed by atoms with Crippen LogP contribution in [-0.2, 0) is 29.5 Å². The van der Waals surface area contributed by atoms with Crippen molar-refractivity contribution in [3.05, 3.63) is 224 Å². The van der Waals surface area contributed by atoms with Gasteiger partial charge in [-0.1, -0.05) is 163 Å². The largest absolute Gasteiger partial charge is 0.448 e. The predicted molar refractivity (Wildman–Crippen MR) is 257 cm³/mol. The van der Waals surface area contributed by atoms with Gasteiger partial charge in [0.1, 0.15) is 35.5 Å². The fraction of sp³-hybridized carbons (Fsp3) is 0.137. The lowest BCUT2D eigenvalue weighted by Crippen LogP contribution is -2.71. The van der Waals surface area contributed by atoms with Crippen LogP contribution < -0.4 is 10.6 Å². The van der Waals surface area contributed by atoms with E-state index in [-0.39, 0.29) is 17.1 Å². The van der Waals surface area contributed by atoms with Crippen LogP contribution in [0.15, 0.2) is 185 Å². The normalized spacial score (nSPS) is 16.3. The molecule has 14 heteroatoms. The number of thioether (sulfide) groups is 1. The molecule has 2 atom stereocenters. The van der Waals surface area contributed by atoms with E-state index in [2.05, 4.69) is 57.2 Å². The zero-order valence-corrected chi connectivity index (χ0v) is 37.7. The standard InChI is InChI=1S/C51H42N6O5S3/c1-33-41(65-32-52-33)29-28-36-30-63-48-43(47(59)57(48)44(36)49(60)62-45(34-18-8-3-9-19-34)35-20-10-4-11-21-35)54-46(58)42(56-61-2)40-31-64-50(53-40)55-51(37-22-12-5-13-23-37,38-24-14-6-15-25-38)39-26-16-7-17-27-39/h3-29,31-32,43,45,48H,30H2,1-2H3,(H,53,55)(H,54,58)/t43?,48-/m0/s1. The fourth-order valence-corrected chi connectivity index (χ4v) is 10.8. The van der Waals surface area contributed by atoms with Crippen molar-refractivity contribution in [3.63, 3.8) is 0 Å². The number of rotatable bonds is 15. The number of nitrogens with one attached hydrogen (secondary N) is 2. The molecule has 0 spiro atoms. The minimum absolute atomic E-state index is 0.110. The van der Waals surface area contributed by atoms with E-state index in [1.165, 1.54) is 46.4 Å². The molecule has 2 aliphatic heterocycles. The van der Waals surface area contributed by atoms with Crippen molar-refractivity contribution < 1.29 is 24.0 Å². The summed E-state index contributed by atoms with van der Waals surface area (Å²) in [7, 11) is 1.35. The van der Waals surface area contributed by atoms with Crippen molar-refractivity contribution in [2.24, 2.45) is 5.16 Å². The summed E-state index contributed by atoms with van der Waals surface area (Å²) in [4.78, 5) is 59.9. The lowest BCUT2D eigenvalue weighted by Gasteiger charge is -2.49. The summed E-state index contributed by atoms with van der Waals surface area (Å²) in [5.74, 6) is -1.41. The molecule has 0 radical (unpaired) electrons. The van der Waals surface area contributed by atoms with Gasteiger partial charge in [-0.05, 0) is 46.4 Å². The van der Waals surface area contributed by atoms with Crippen molar-refractivity contribution in [1.29, 1.82) is 0 Å². The zero-order valence-electron chi connectivity index (χ0n) is 35.2. The van der Waals surface area contributed by atoms with E-state index < -0.39 is 40.8 Å². The number of carbonyl (C=O) groups excluding carboxylic acids is 3. The Bertz CT molecular complexity index is 2750. The molecule has 0 aliphatic carbocycles. The summed E-state index contributed by atoms with van der Waals surface area (Å²) in [6.07, 6.45) is 3.01. The molecular weight excluding hydrogens is 873 g/mol.